The quantitative estimate of drug-likeness (QED) is 0.727. The Hall–Kier alpha value is -0.610. The molecule has 0 aromatic rings. The molecule has 0 radical (unpaired) electrons. The van der Waals surface area contributed by atoms with E-state index in [1.54, 1.807) is 0 Å². The fourth-order valence-electron chi connectivity index (χ4n) is 3.00. The van der Waals surface area contributed by atoms with Gasteiger partial charge in [-0.1, -0.05) is 0 Å². The zero-order chi connectivity index (χ0) is 11.5. The summed E-state index contributed by atoms with van der Waals surface area (Å²) in [5.41, 5.74) is 5.33. The van der Waals surface area contributed by atoms with Gasteiger partial charge in [-0.15, -0.1) is 0 Å². The molecule has 2 unspecified atom stereocenters. The van der Waals surface area contributed by atoms with Crippen LogP contribution in [0.5, 0.6) is 0 Å². The molecule has 2 rings (SSSR count). The number of nitrogens with two attached hydrogens (primary N) is 1. The SMILES string of the molecule is CC(C(N)=O)N1CCC(C2CCCN2)CC1. The topological polar surface area (TPSA) is 58.4 Å². The lowest BCUT2D eigenvalue weighted by atomic mass is 9.88. The Bertz CT molecular complexity index is 243. The Morgan fingerprint density at radius 1 is 1.38 bits per heavy atom. The van der Waals surface area contributed by atoms with Crippen LogP contribution in [-0.4, -0.2) is 42.5 Å². The summed E-state index contributed by atoms with van der Waals surface area (Å²) in [5, 5.41) is 3.58. The second kappa shape index (κ2) is 5.15. The Kier molecular flexibility index (Phi) is 3.82. The van der Waals surface area contributed by atoms with E-state index >= 15 is 0 Å². The fourth-order valence-corrected chi connectivity index (χ4v) is 3.00. The van der Waals surface area contributed by atoms with Gasteiger partial charge in [0.1, 0.15) is 0 Å². The van der Waals surface area contributed by atoms with Gasteiger partial charge in [-0.25, -0.2) is 0 Å². The number of piperidine rings is 1. The smallest absolute Gasteiger partial charge is 0.234 e. The molecule has 2 atom stereocenters. The highest BCUT2D eigenvalue weighted by molar-refractivity contribution is 5.79. The predicted molar refractivity (Wildman–Crippen MR) is 64.0 cm³/mol. The van der Waals surface area contributed by atoms with Crippen molar-refractivity contribution < 1.29 is 4.79 Å². The molecule has 2 heterocycles. The predicted octanol–water partition coefficient (Wildman–Crippen LogP) is 0.324. The van der Waals surface area contributed by atoms with E-state index in [9.17, 15) is 4.79 Å². The maximum Gasteiger partial charge on any atom is 0.234 e. The minimum absolute atomic E-state index is 0.0995. The Balaban J connectivity index is 1.79. The van der Waals surface area contributed by atoms with Crippen LogP contribution >= 0.6 is 0 Å². The molecule has 0 aromatic heterocycles. The highest BCUT2D eigenvalue weighted by Crippen LogP contribution is 2.26. The van der Waals surface area contributed by atoms with E-state index in [1.165, 1.54) is 32.2 Å². The molecule has 1 amide bonds. The van der Waals surface area contributed by atoms with Crippen LogP contribution in [0.15, 0.2) is 0 Å². The van der Waals surface area contributed by atoms with Gasteiger partial charge >= 0.3 is 0 Å². The summed E-state index contributed by atoms with van der Waals surface area (Å²) in [6.07, 6.45) is 5.06. The minimum atomic E-state index is -0.197. The Morgan fingerprint density at radius 2 is 2.06 bits per heavy atom. The number of nitrogens with one attached hydrogen (secondary N) is 1. The third-order valence-electron chi connectivity index (χ3n) is 4.20. The van der Waals surface area contributed by atoms with Gasteiger partial charge in [0.2, 0.25) is 5.91 Å². The lowest BCUT2D eigenvalue weighted by Gasteiger charge is -2.37. The van der Waals surface area contributed by atoms with Gasteiger partial charge in [-0.2, -0.15) is 0 Å². The summed E-state index contributed by atoms with van der Waals surface area (Å²) in [6, 6.07) is 0.628. The molecule has 0 aliphatic carbocycles. The molecule has 16 heavy (non-hydrogen) atoms. The number of nitrogens with zero attached hydrogens (tertiary/aromatic N) is 1. The van der Waals surface area contributed by atoms with Crippen molar-refractivity contribution in [3.05, 3.63) is 0 Å². The third-order valence-corrected chi connectivity index (χ3v) is 4.20. The summed E-state index contributed by atoms with van der Waals surface area (Å²) in [7, 11) is 0. The Morgan fingerprint density at radius 3 is 2.56 bits per heavy atom. The van der Waals surface area contributed by atoms with E-state index in [0.29, 0.717) is 0 Å². The van der Waals surface area contributed by atoms with Crippen molar-refractivity contribution in [3.63, 3.8) is 0 Å². The van der Waals surface area contributed by atoms with Crippen LogP contribution in [0.1, 0.15) is 32.6 Å². The second-order valence-corrected chi connectivity index (χ2v) is 5.15. The van der Waals surface area contributed by atoms with E-state index in [4.69, 9.17) is 5.73 Å². The number of hydrogen-bond acceptors (Lipinski definition) is 3. The molecule has 2 aliphatic heterocycles. The number of rotatable bonds is 3. The van der Waals surface area contributed by atoms with E-state index in [2.05, 4.69) is 10.2 Å². The van der Waals surface area contributed by atoms with E-state index in [0.717, 1.165) is 25.0 Å². The third kappa shape index (κ3) is 2.55. The van der Waals surface area contributed by atoms with Gasteiger partial charge in [0.15, 0.2) is 0 Å². The molecular weight excluding hydrogens is 202 g/mol. The summed E-state index contributed by atoms with van der Waals surface area (Å²) in [4.78, 5) is 13.3. The average molecular weight is 225 g/mol. The monoisotopic (exact) mass is 225 g/mol. The number of hydrogen-bond donors (Lipinski definition) is 2. The molecule has 0 saturated carbocycles. The van der Waals surface area contributed by atoms with Crippen LogP contribution in [0, 0.1) is 5.92 Å². The van der Waals surface area contributed by atoms with Crippen LogP contribution in [0.2, 0.25) is 0 Å². The van der Waals surface area contributed by atoms with Gasteiger partial charge in [-0.3, -0.25) is 9.69 Å². The number of carbonyl (C=O) groups excluding carboxylic acids is 1. The second-order valence-electron chi connectivity index (χ2n) is 5.15. The summed E-state index contributed by atoms with van der Waals surface area (Å²) >= 11 is 0. The van der Waals surface area contributed by atoms with Crippen molar-refractivity contribution in [1.82, 2.24) is 10.2 Å². The van der Waals surface area contributed by atoms with Gasteiger partial charge in [0.25, 0.3) is 0 Å². The van der Waals surface area contributed by atoms with Gasteiger partial charge in [0, 0.05) is 6.04 Å². The average Bonchev–Trinajstić information content (AvgIpc) is 2.81. The van der Waals surface area contributed by atoms with E-state index in [-0.39, 0.29) is 11.9 Å². The first-order valence-electron chi connectivity index (χ1n) is 6.45. The maximum atomic E-state index is 11.1. The van der Waals surface area contributed by atoms with E-state index in [1.807, 2.05) is 6.92 Å². The number of primary amides is 1. The summed E-state index contributed by atoms with van der Waals surface area (Å²) < 4.78 is 0. The highest BCUT2D eigenvalue weighted by Gasteiger charge is 2.30. The van der Waals surface area contributed by atoms with Crippen molar-refractivity contribution in [2.75, 3.05) is 19.6 Å². The van der Waals surface area contributed by atoms with Gasteiger partial charge in [0.05, 0.1) is 6.04 Å². The largest absolute Gasteiger partial charge is 0.368 e. The van der Waals surface area contributed by atoms with E-state index < -0.39 is 0 Å². The summed E-state index contributed by atoms with van der Waals surface area (Å²) in [6.45, 7) is 5.14. The van der Waals surface area contributed by atoms with Crippen LogP contribution in [0.3, 0.4) is 0 Å². The zero-order valence-electron chi connectivity index (χ0n) is 10.1. The molecule has 0 aromatic carbocycles. The molecule has 0 spiro atoms. The van der Waals surface area contributed by atoms with Crippen molar-refractivity contribution in [2.24, 2.45) is 11.7 Å². The van der Waals surface area contributed by atoms with Gasteiger partial charge in [-0.05, 0) is 58.2 Å². The molecular formula is C12H23N3O. The molecule has 2 aliphatic rings. The van der Waals surface area contributed by atoms with Gasteiger partial charge < -0.3 is 11.1 Å². The molecule has 4 nitrogen and oxygen atoms in total. The molecule has 2 saturated heterocycles. The number of likely N-dealkylation sites (tertiary alicyclic amines) is 1. The number of amides is 1. The van der Waals surface area contributed by atoms with Crippen LogP contribution in [0.4, 0.5) is 0 Å². The first-order chi connectivity index (χ1) is 7.68. The first kappa shape index (κ1) is 11.9. The molecule has 3 N–H and O–H groups in total. The van der Waals surface area contributed by atoms with Crippen molar-refractivity contribution >= 4 is 5.91 Å². The normalized spacial score (nSPS) is 30.4. The standard InChI is InChI=1S/C12H23N3O/c1-9(12(13)16)15-7-4-10(5-8-15)11-3-2-6-14-11/h9-11,14H,2-8H2,1H3,(H2,13,16). The Labute approximate surface area is 97.6 Å². The number of carbonyl (C=O) groups is 1. The molecule has 0 bridgehead atoms. The van der Waals surface area contributed by atoms with Crippen LogP contribution in [-0.2, 0) is 4.79 Å². The first-order valence-corrected chi connectivity index (χ1v) is 6.45. The fraction of sp³-hybridized carbons (Fsp3) is 0.917. The molecule has 2 fully saturated rings. The highest BCUT2D eigenvalue weighted by atomic mass is 16.1. The molecule has 92 valence electrons. The lowest BCUT2D eigenvalue weighted by molar-refractivity contribution is -0.123. The van der Waals surface area contributed by atoms with Crippen LogP contribution < -0.4 is 11.1 Å². The van der Waals surface area contributed by atoms with Crippen molar-refractivity contribution in [1.29, 1.82) is 0 Å². The maximum absolute atomic E-state index is 11.1. The lowest BCUT2D eigenvalue weighted by Crippen LogP contribution is -2.48. The zero-order valence-corrected chi connectivity index (χ0v) is 10.1. The minimum Gasteiger partial charge on any atom is -0.368 e. The van der Waals surface area contributed by atoms with Crippen molar-refractivity contribution in [3.8, 4) is 0 Å². The summed E-state index contributed by atoms with van der Waals surface area (Å²) in [5.74, 6) is 0.608. The van der Waals surface area contributed by atoms with Crippen molar-refractivity contribution in [2.45, 2.75) is 44.7 Å². The van der Waals surface area contributed by atoms with Crippen LogP contribution in [0.25, 0.3) is 0 Å². The molecule has 4 heteroatoms.